The average molecular weight is 290 g/mol. The molecule has 0 fully saturated rings. The van der Waals surface area contributed by atoms with Crippen molar-refractivity contribution < 1.29 is 9.53 Å². The predicted octanol–water partition coefficient (Wildman–Crippen LogP) is 2.44. The summed E-state index contributed by atoms with van der Waals surface area (Å²) in [6.07, 6.45) is 0. The van der Waals surface area contributed by atoms with Gasteiger partial charge < -0.3 is 9.72 Å². The third-order valence-electron chi connectivity index (χ3n) is 2.61. The number of methoxy groups -OCH3 is 1. The Kier molecular flexibility index (Phi) is 4.24. The highest BCUT2D eigenvalue weighted by atomic mass is 32.2. The van der Waals surface area contributed by atoms with Crippen molar-refractivity contribution in [1.82, 2.24) is 9.97 Å². The monoisotopic (exact) mass is 290 g/mol. The molecule has 0 unspecified atom stereocenters. The third kappa shape index (κ3) is 3.08. The van der Waals surface area contributed by atoms with E-state index in [2.05, 4.69) is 9.97 Å². The van der Waals surface area contributed by atoms with Crippen LogP contribution in [-0.4, -0.2) is 22.9 Å². The lowest BCUT2D eigenvalue weighted by Crippen LogP contribution is -2.08. The molecule has 0 saturated carbocycles. The number of aromatic nitrogens is 2. The Morgan fingerprint density at radius 3 is 2.75 bits per heavy atom. The minimum absolute atomic E-state index is 0.0973. The first-order valence-electron chi connectivity index (χ1n) is 5.95. The summed E-state index contributed by atoms with van der Waals surface area (Å²) in [7, 11) is 1.52. The minimum atomic E-state index is -0.215. The lowest BCUT2D eigenvalue weighted by Gasteiger charge is -2.10. The molecule has 0 bridgehead atoms. The molecular formula is C14H14N2O3S. The Morgan fingerprint density at radius 2 is 2.15 bits per heavy atom. The van der Waals surface area contributed by atoms with Gasteiger partial charge in [0.15, 0.2) is 10.9 Å². The summed E-state index contributed by atoms with van der Waals surface area (Å²) >= 11 is 1.23. The highest BCUT2D eigenvalue weighted by Crippen LogP contribution is 2.33. The molecule has 20 heavy (non-hydrogen) atoms. The first kappa shape index (κ1) is 14.3. The molecule has 1 heterocycles. The molecular weight excluding hydrogens is 276 g/mol. The number of rotatable bonds is 4. The number of nitrogens with zero attached hydrogens (tertiary/aromatic N) is 1. The number of carbonyl (C=O) groups is 1. The van der Waals surface area contributed by atoms with Crippen molar-refractivity contribution in [2.24, 2.45) is 0 Å². The molecule has 1 aromatic carbocycles. The largest absolute Gasteiger partial charge is 0.496 e. The van der Waals surface area contributed by atoms with Crippen LogP contribution in [0.25, 0.3) is 0 Å². The van der Waals surface area contributed by atoms with Gasteiger partial charge in [0.25, 0.3) is 5.56 Å². The fourth-order valence-corrected chi connectivity index (χ4v) is 2.86. The summed E-state index contributed by atoms with van der Waals surface area (Å²) in [4.78, 5) is 30.8. The van der Waals surface area contributed by atoms with Gasteiger partial charge in [-0.05, 0) is 26.0 Å². The van der Waals surface area contributed by atoms with Crippen LogP contribution < -0.4 is 10.3 Å². The van der Waals surface area contributed by atoms with Crippen molar-refractivity contribution in [2.45, 2.75) is 23.9 Å². The molecule has 2 aromatic rings. The lowest BCUT2D eigenvalue weighted by atomic mass is 10.1. The summed E-state index contributed by atoms with van der Waals surface area (Å²) in [5.41, 5.74) is 0.903. The summed E-state index contributed by atoms with van der Waals surface area (Å²) < 4.78 is 5.21. The van der Waals surface area contributed by atoms with Gasteiger partial charge in [-0.15, -0.1) is 0 Å². The second-order valence-electron chi connectivity index (χ2n) is 4.18. The van der Waals surface area contributed by atoms with Crippen LogP contribution >= 0.6 is 11.8 Å². The van der Waals surface area contributed by atoms with Gasteiger partial charge >= 0.3 is 0 Å². The standard InChI is InChI=1S/C14H14N2O3S/c1-8-7-12(18)16-14(15-8)20-11-6-4-5-10(19-3)13(11)9(2)17/h4-7H,1-3H3,(H,15,16,18). The van der Waals surface area contributed by atoms with E-state index in [1.54, 1.807) is 25.1 Å². The van der Waals surface area contributed by atoms with Crippen LogP contribution in [0.5, 0.6) is 5.75 Å². The number of hydrogen-bond acceptors (Lipinski definition) is 5. The lowest BCUT2D eigenvalue weighted by molar-refractivity contribution is 0.101. The molecule has 5 nitrogen and oxygen atoms in total. The number of nitrogens with one attached hydrogen (secondary N) is 1. The number of carbonyl (C=O) groups excluding carboxylic acids is 1. The zero-order valence-corrected chi connectivity index (χ0v) is 12.2. The van der Waals surface area contributed by atoms with E-state index in [-0.39, 0.29) is 11.3 Å². The van der Waals surface area contributed by atoms with Crippen molar-refractivity contribution in [3.63, 3.8) is 0 Å². The Morgan fingerprint density at radius 1 is 1.40 bits per heavy atom. The summed E-state index contributed by atoms with van der Waals surface area (Å²) in [6.45, 7) is 3.23. The first-order chi connectivity index (χ1) is 9.51. The Bertz CT molecular complexity index is 710. The van der Waals surface area contributed by atoms with E-state index >= 15 is 0 Å². The maximum Gasteiger partial charge on any atom is 0.251 e. The van der Waals surface area contributed by atoms with Crippen molar-refractivity contribution >= 4 is 17.5 Å². The number of benzene rings is 1. The molecule has 6 heteroatoms. The third-order valence-corrected chi connectivity index (χ3v) is 3.56. The van der Waals surface area contributed by atoms with Crippen LogP contribution in [-0.2, 0) is 0 Å². The van der Waals surface area contributed by atoms with Crippen LogP contribution in [0.1, 0.15) is 23.0 Å². The fourth-order valence-electron chi connectivity index (χ4n) is 1.82. The molecule has 0 spiro atoms. The number of H-pyrrole nitrogens is 1. The Hall–Kier alpha value is -2.08. The van der Waals surface area contributed by atoms with Gasteiger partial charge in [0, 0.05) is 16.7 Å². The maximum absolute atomic E-state index is 11.8. The SMILES string of the molecule is COc1cccc(Sc2nc(C)cc(=O)[nH]2)c1C(C)=O. The number of aromatic amines is 1. The zero-order chi connectivity index (χ0) is 14.7. The maximum atomic E-state index is 11.8. The van der Waals surface area contributed by atoms with E-state index in [0.717, 1.165) is 0 Å². The van der Waals surface area contributed by atoms with Gasteiger partial charge in [0.1, 0.15) is 5.75 Å². The van der Waals surface area contributed by atoms with Gasteiger partial charge in [-0.1, -0.05) is 17.8 Å². The van der Waals surface area contributed by atoms with Crippen LogP contribution in [0.4, 0.5) is 0 Å². The fraction of sp³-hybridized carbons (Fsp3) is 0.214. The van der Waals surface area contributed by atoms with Crippen LogP contribution in [0.2, 0.25) is 0 Å². The van der Waals surface area contributed by atoms with Gasteiger partial charge in [0.2, 0.25) is 0 Å². The van der Waals surface area contributed by atoms with Crippen molar-refractivity contribution in [1.29, 1.82) is 0 Å². The molecule has 0 aliphatic heterocycles. The van der Waals surface area contributed by atoms with Gasteiger partial charge in [-0.2, -0.15) is 0 Å². The molecule has 0 aliphatic rings. The van der Waals surface area contributed by atoms with Gasteiger partial charge in [-0.25, -0.2) is 4.98 Å². The van der Waals surface area contributed by atoms with Crippen LogP contribution in [0, 0.1) is 6.92 Å². The predicted molar refractivity (Wildman–Crippen MR) is 76.7 cm³/mol. The van der Waals surface area contributed by atoms with Gasteiger partial charge in [0.05, 0.1) is 12.7 Å². The second-order valence-corrected chi connectivity index (χ2v) is 5.21. The van der Waals surface area contributed by atoms with Gasteiger partial charge in [-0.3, -0.25) is 9.59 Å². The molecule has 0 radical (unpaired) electrons. The minimum Gasteiger partial charge on any atom is -0.496 e. The van der Waals surface area contributed by atoms with Crippen molar-refractivity contribution in [3.05, 3.63) is 45.9 Å². The molecule has 0 saturated heterocycles. The second kappa shape index (κ2) is 5.92. The Balaban J connectivity index is 2.48. The highest BCUT2D eigenvalue weighted by Gasteiger charge is 2.15. The number of Topliss-reactive ketones (excluding diaryl/α,β-unsaturated/α-hetero) is 1. The molecule has 2 rings (SSSR count). The molecule has 104 valence electrons. The molecule has 1 N–H and O–H groups in total. The molecule has 0 atom stereocenters. The number of aryl methyl sites for hydroxylation is 1. The average Bonchev–Trinajstić information content (AvgIpc) is 2.36. The molecule has 0 amide bonds. The van der Waals surface area contributed by atoms with E-state index < -0.39 is 0 Å². The molecule has 0 aliphatic carbocycles. The van der Waals surface area contributed by atoms with E-state index in [9.17, 15) is 9.59 Å². The quantitative estimate of drug-likeness (QED) is 0.691. The van der Waals surface area contributed by atoms with Crippen molar-refractivity contribution in [2.75, 3.05) is 7.11 Å². The van der Waals surface area contributed by atoms with E-state index in [0.29, 0.717) is 27.1 Å². The summed E-state index contributed by atoms with van der Waals surface area (Å²) in [5, 5.41) is 0.450. The zero-order valence-electron chi connectivity index (χ0n) is 11.4. The summed E-state index contributed by atoms with van der Waals surface area (Å²) in [6, 6.07) is 6.74. The number of ketones is 1. The summed E-state index contributed by atoms with van der Waals surface area (Å²) in [5.74, 6) is 0.414. The topological polar surface area (TPSA) is 72.0 Å². The normalized spacial score (nSPS) is 10.3. The van der Waals surface area contributed by atoms with Crippen LogP contribution in [0.15, 0.2) is 39.1 Å². The highest BCUT2D eigenvalue weighted by molar-refractivity contribution is 7.99. The van der Waals surface area contributed by atoms with E-state index in [4.69, 9.17) is 4.74 Å². The Labute approximate surface area is 120 Å². The van der Waals surface area contributed by atoms with Crippen LogP contribution in [0.3, 0.4) is 0 Å². The number of ether oxygens (including phenoxy) is 1. The first-order valence-corrected chi connectivity index (χ1v) is 6.76. The number of hydrogen-bond donors (Lipinski definition) is 1. The van der Waals surface area contributed by atoms with E-state index in [1.165, 1.54) is 31.9 Å². The smallest absolute Gasteiger partial charge is 0.251 e. The van der Waals surface area contributed by atoms with E-state index in [1.807, 2.05) is 0 Å². The molecule has 1 aromatic heterocycles. The van der Waals surface area contributed by atoms with Crippen molar-refractivity contribution in [3.8, 4) is 5.75 Å².